The molecule has 1 aliphatic heterocycles. The van der Waals surface area contributed by atoms with Crippen molar-refractivity contribution >= 4 is 63.0 Å². The zero-order valence-corrected chi connectivity index (χ0v) is 19.2. The van der Waals surface area contributed by atoms with E-state index in [0.29, 0.717) is 20.6 Å². The fourth-order valence-corrected chi connectivity index (χ4v) is 3.71. The van der Waals surface area contributed by atoms with E-state index in [-0.39, 0.29) is 29.4 Å². The first-order valence-electron chi connectivity index (χ1n) is 9.08. The summed E-state index contributed by atoms with van der Waals surface area (Å²) >= 11 is 9.33. The van der Waals surface area contributed by atoms with E-state index in [1.807, 2.05) is 0 Å². The molecule has 3 N–H and O–H groups in total. The van der Waals surface area contributed by atoms with E-state index in [1.165, 1.54) is 25.3 Å². The maximum Gasteiger partial charge on any atom is 0.335 e. The highest BCUT2D eigenvalue weighted by molar-refractivity contribution is 9.10. The number of ether oxygens (including phenoxy) is 2. The molecule has 0 bridgehead atoms. The number of amides is 5. The molecule has 0 saturated carbocycles. The molecule has 11 heteroatoms. The highest BCUT2D eigenvalue weighted by atomic mass is 79.9. The van der Waals surface area contributed by atoms with E-state index in [0.717, 1.165) is 4.90 Å². The van der Waals surface area contributed by atoms with E-state index < -0.39 is 23.8 Å². The van der Waals surface area contributed by atoms with Gasteiger partial charge in [-0.1, -0.05) is 17.7 Å². The monoisotopic (exact) mass is 521 g/mol. The number of nitrogens with zero attached hydrogens (tertiary/aromatic N) is 1. The van der Waals surface area contributed by atoms with Gasteiger partial charge in [-0.25, -0.2) is 9.69 Å². The largest absolute Gasteiger partial charge is 0.493 e. The minimum atomic E-state index is -0.878. The number of primary amides is 1. The summed E-state index contributed by atoms with van der Waals surface area (Å²) in [5.74, 6) is -1.88. The van der Waals surface area contributed by atoms with E-state index in [2.05, 4.69) is 21.2 Å². The number of carbonyl (C=O) groups is 4. The first kappa shape index (κ1) is 23.3. The Balaban J connectivity index is 2.03. The summed E-state index contributed by atoms with van der Waals surface area (Å²) in [4.78, 5) is 49.8. The summed E-state index contributed by atoms with van der Waals surface area (Å²) in [5.41, 5.74) is 6.11. The van der Waals surface area contributed by atoms with Gasteiger partial charge in [0.1, 0.15) is 5.57 Å². The summed E-state index contributed by atoms with van der Waals surface area (Å²) in [6.07, 6.45) is 1.31. The second-order valence-corrected chi connectivity index (χ2v) is 7.97. The molecular formula is C21H17BrClN3O6. The molecule has 1 saturated heterocycles. The van der Waals surface area contributed by atoms with Gasteiger partial charge in [0.2, 0.25) is 0 Å². The van der Waals surface area contributed by atoms with E-state index in [4.69, 9.17) is 26.8 Å². The average Bonchev–Trinajstić information content (AvgIpc) is 2.72. The molecule has 32 heavy (non-hydrogen) atoms. The van der Waals surface area contributed by atoms with Gasteiger partial charge in [0, 0.05) is 5.02 Å². The lowest BCUT2D eigenvalue weighted by molar-refractivity contribution is -0.123. The number of benzene rings is 2. The second kappa shape index (κ2) is 9.41. The zero-order chi connectivity index (χ0) is 23.6. The Hall–Kier alpha value is -3.37. The number of anilines is 1. The Morgan fingerprint density at radius 3 is 2.62 bits per heavy atom. The Labute approximate surface area is 196 Å². The molecule has 0 atom stereocenters. The van der Waals surface area contributed by atoms with Crippen molar-refractivity contribution in [3.8, 4) is 11.5 Å². The number of hydrogen-bond donors (Lipinski definition) is 2. The number of rotatable bonds is 6. The van der Waals surface area contributed by atoms with Crippen LogP contribution in [0.2, 0.25) is 5.02 Å². The molecule has 0 radical (unpaired) electrons. The normalized spacial score (nSPS) is 15.1. The van der Waals surface area contributed by atoms with Gasteiger partial charge in [0.15, 0.2) is 18.1 Å². The Morgan fingerprint density at radius 1 is 1.25 bits per heavy atom. The number of nitrogens with two attached hydrogens (primary N) is 1. The third kappa shape index (κ3) is 4.76. The maximum absolute atomic E-state index is 13.1. The molecular weight excluding hydrogens is 506 g/mol. The number of hydrogen-bond acceptors (Lipinski definition) is 6. The van der Waals surface area contributed by atoms with Gasteiger partial charge in [-0.05, 0) is 64.3 Å². The first-order valence-corrected chi connectivity index (χ1v) is 10.3. The van der Waals surface area contributed by atoms with Crippen LogP contribution in [0.1, 0.15) is 11.1 Å². The van der Waals surface area contributed by atoms with Gasteiger partial charge in [0.05, 0.1) is 17.3 Å². The van der Waals surface area contributed by atoms with Crippen LogP contribution in [-0.4, -0.2) is 37.5 Å². The number of imide groups is 2. The van der Waals surface area contributed by atoms with Crippen molar-refractivity contribution in [1.29, 1.82) is 0 Å². The van der Waals surface area contributed by atoms with Crippen LogP contribution in [0.4, 0.5) is 10.5 Å². The smallest absolute Gasteiger partial charge is 0.335 e. The van der Waals surface area contributed by atoms with Crippen LogP contribution in [0.3, 0.4) is 0 Å². The molecule has 0 aromatic heterocycles. The van der Waals surface area contributed by atoms with Crippen molar-refractivity contribution in [3.05, 3.63) is 56.5 Å². The Bertz CT molecular complexity index is 1180. The summed E-state index contributed by atoms with van der Waals surface area (Å²) in [5, 5.41) is 2.49. The molecule has 5 amide bonds. The number of barbiturate groups is 1. The van der Waals surface area contributed by atoms with Gasteiger partial charge < -0.3 is 15.2 Å². The SMILES string of the molecule is COc1cc(/C=C2\C(=O)NC(=O)N(c3cc(Cl)ccc3C)C2=O)cc(Br)c1OCC(N)=O. The average molecular weight is 523 g/mol. The van der Waals surface area contributed by atoms with Gasteiger partial charge in [-0.15, -0.1) is 0 Å². The lowest BCUT2D eigenvalue weighted by Crippen LogP contribution is -2.54. The molecule has 0 aliphatic carbocycles. The van der Waals surface area contributed by atoms with Crippen LogP contribution in [0.15, 0.2) is 40.4 Å². The predicted octanol–water partition coefficient (Wildman–Crippen LogP) is 2.95. The zero-order valence-electron chi connectivity index (χ0n) is 16.9. The molecule has 2 aromatic carbocycles. The molecule has 166 valence electrons. The van der Waals surface area contributed by atoms with E-state index in [1.54, 1.807) is 25.1 Å². The summed E-state index contributed by atoms with van der Waals surface area (Å²) in [6, 6.07) is 6.92. The maximum atomic E-state index is 13.1. The van der Waals surface area contributed by atoms with Crippen molar-refractivity contribution in [2.45, 2.75) is 6.92 Å². The number of urea groups is 1. The number of aryl methyl sites for hydroxylation is 1. The molecule has 2 aromatic rings. The third-order valence-electron chi connectivity index (χ3n) is 4.44. The quantitative estimate of drug-likeness (QED) is 0.443. The third-order valence-corrected chi connectivity index (χ3v) is 5.26. The van der Waals surface area contributed by atoms with Gasteiger partial charge in [-0.2, -0.15) is 0 Å². The molecule has 3 rings (SSSR count). The van der Waals surface area contributed by atoms with Gasteiger partial charge in [0.25, 0.3) is 17.7 Å². The van der Waals surface area contributed by atoms with Crippen LogP contribution in [0, 0.1) is 6.92 Å². The summed E-state index contributed by atoms with van der Waals surface area (Å²) in [7, 11) is 1.39. The van der Waals surface area contributed by atoms with Crippen molar-refractivity contribution in [1.82, 2.24) is 5.32 Å². The second-order valence-electron chi connectivity index (χ2n) is 6.68. The van der Waals surface area contributed by atoms with Crippen molar-refractivity contribution in [2.24, 2.45) is 5.73 Å². The molecule has 0 spiro atoms. The molecule has 1 fully saturated rings. The topological polar surface area (TPSA) is 128 Å². The summed E-state index contributed by atoms with van der Waals surface area (Å²) in [6.45, 7) is 1.34. The van der Waals surface area contributed by atoms with E-state index in [9.17, 15) is 19.2 Å². The lowest BCUT2D eigenvalue weighted by atomic mass is 10.1. The molecule has 0 unspecified atom stereocenters. The number of halogens is 2. The highest BCUT2D eigenvalue weighted by Gasteiger charge is 2.37. The Kier molecular flexibility index (Phi) is 6.85. The lowest BCUT2D eigenvalue weighted by Gasteiger charge is -2.27. The highest BCUT2D eigenvalue weighted by Crippen LogP contribution is 2.37. The van der Waals surface area contributed by atoms with Crippen LogP contribution >= 0.6 is 27.5 Å². The molecule has 9 nitrogen and oxygen atoms in total. The predicted molar refractivity (Wildman–Crippen MR) is 121 cm³/mol. The van der Waals surface area contributed by atoms with E-state index >= 15 is 0 Å². The first-order chi connectivity index (χ1) is 15.1. The number of methoxy groups -OCH3 is 1. The summed E-state index contributed by atoms with van der Waals surface area (Å²) < 4.78 is 11.0. The minimum Gasteiger partial charge on any atom is -0.493 e. The van der Waals surface area contributed by atoms with Gasteiger partial charge in [-0.3, -0.25) is 19.7 Å². The van der Waals surface area contributed by atoms with Crippen molar-refractivity contribution in [2.75, 3.05) is 18.6 Å². The van der Waals surface area contributed by atoms with Crippen LogP contribution < -0.4 is 25.4 Å². The van der Waals surface area contributed by atoms with Crippen LogP contribution in [0.25, 0.3) is 6.08 Å². The van der Waals surface area contributed by atoms with Gasteiger partial charge >= 0.3 is 6.03 Å². The fourth-order valence-electron chi connectivity index (χ4n) is 2.97. The van der Waals surface area contributed by atoms with Crippen LogP contribution in [-0.2, 0) is 14.4 Å². The van der Waals surface area contributed by atoms with Crippen molar-refractivity contribution < 1.29 is 28.7 Å². The van der Waals surface area contributed by atoms with Crippen LogP contribution in [0.5, 0.6) is 11.5 Å². The minimum absolute atomic E-state index is 0.222. The fraction of sp³-hybridized carbons (Fsp3) is 0.143. The molecule has 1 aliphatic rings. The number of carbonyl (C=O) groups excluding carboxylic acids is 4. The molecule has 1 heterocycles. The Morgan fingerprint density at radius 2 is 1.97 bits per heavy atom. The number of nitrogens with one attached hydrogen (secondary N) is 1. The standard InChI is InChI=1S/C21H17BrClN3O6/c1-10-3-4-12(23)8-15(10)26-20(29)13(19(28)25-21(26)30)5-11-6-14(22)18(16(7-11)31-2)32-9-17(24)27/h3-8H,9H2,1-2H3,(H2,24,27)(H,25,28,30)/b13-5+. The van der Waals surface area contributed by atoms with Crippen molar-refractivity contribution in [3.63, 3.8) is 0 Å².